The van der Waals surface area contributed by atoms with Gasteiger partial charge in [0, 0.05) is 31.7 Å². The van der Waals surface area contributed by atoms with Gasteiger partial charge >= 0.3 is 12.0 Å². The maximum Gasteiger partial charge on any atom is 0.317 e. The summed E-state index contributed by atoms with van der Waals surface area (Å²) in [6, 6.07) is -0.140. The maximum absolute atomic E-state index is 12.2. The number of hydrogen-bond donors (Lipinski definition) is 2. The van der Waals surface area contributed by atoms with Crippen LogP contribution in [0.25, 0.3) is 0 Å². The van der Waals surface area contributed by atoms with E-state index in [0.717, 1.165) is 13.0 Å². The van der Waals surface area contributed by atoms with Crippen LogP contribution in [0.4, 0.5) is 4.79 Å². The number of nitrogens with one attached hydrogen (secondary N) is 1. The molecule has 0 spiro atoms. The Morgan fingerprint density at radius 1 is 1.25 bits per heavy atom. The number of carboxylic acids is 1. The molecule has 0 aromatic heterocycles. The standard InChI is InChI=1S/C14H25N3O3/c1-13(2)10-17(8-7-16(13)3)12(20)15-9-14(11(18)19)5-4-6-14/h4-10H2,1-3H3,(H,15,20)(H,18,19). The van der Waals surface area contributed by atoms with Gasteiger partial charge < -0.3 is 15.3 Å². The minimum Gasteiger partial charge on any atom is -0.481 e. The highest BCUT2D eigenvalue weighted by Gasteiger charge is 2.45. The average molecular weight is 283 g/mol. The van der Waals surface area contributed by atoms with Crippen molar-refractivity contribution in [3.05, 3.63) is 0 Å². The second kappa shape index (κ2) is 5.24. The molecule has 1 aliphatic carbocycles. The lowest BCUT2D eigenvalue weighted by molar-refractivity contribution is -0.153. The molecule has 0 unspecified atom stereocenters. The van der Waals surface area contributed by atoms with Crippen molar-refractivity contribution in [3.63, 3.8) is 0 Å². The highest BCUT2D eigenvalue weighted by atomic mass is 16.4. The van der Waals surface area contributed by atoms with Gasteiger partial charge in [-0.05, 0) is 33.7 Å². The zero-order valence-corrected chi connectivity index (χ0v) is 12.6. The van der Waals surface area contributed by atoms with Gasteiger partial charge in [0.2, 0.25) is 0 Å². The molecular formula is C14H25N3O3. The smallest absolute Gasteiger partial charge is 0.317 e. The van der Waals surface area contributed by atoms with Gasteiger partial charge in [0.1, 0.15) is 0 Å². The third-order valence-electron chi connectivity index (χ3n) is 4.95. The van der Waals surface area contributed by atoms with E-state index in [1.165, 1.54) is 0 Å². The monoisotopic (exact) mass is 283 g/mol. The van der Waals surface area contributed by atoms with Gasteiger partial charge in [0.25, 0.3) is 0 Å². The lowest BCUT2D eigenvalue weighted by Crippen LogP contribution is -2.61. The zero-order valence-electron chi connectivity index (χ0n) is 12.6. The Balaban J connectivity index is 1.88. The molecule has 2 fully saturated rings. The summed E-state index contributed by atoms with van der Waals surface area (Å²) in [7, 11) is 2.06. The summed E-state index contributed by atoms with van der Waals surface area (Å²) >= 11 is 0. The van der Waals surface area contributed by atoms with E-state index in [-0.39, 0.29) is 18.1 Å². The van der Waals surface area contributed by atoms with Crippen LogP contribution in [0.2, 0.25) is 0 Å². The number of amides is 2. The molecule has 6 heteroatoms. The Morgan fingerprint density at radius 3 is 2.35 bits per heavy atom. The van der Waals surface area contributed by atoms with Crippen LogP contribution in [-0.4, -0.2) is 65.7 Å². The van der Waals surface area contributed by atoms with Crippen LogP contribution >= 0.6 is 0 Å². The van der Waals surface area contributed by atoms with Crippen molar-refractivity contribution in [2.45, 2.75) is 38.6 Å². The summed E-state index contributed by atoms with van der Waals surface area (Å²) in [5, 5.41) is 12.1. The van der Waals surface area contributed by atoms with Gasteiger partial charge in [0.05, 0.1) is 5.41 Å². The Kier molecular flexibility index (Phi) is 3.95. The summed E-state index contributed by atoms with van der Waals surface area (Å²) in [5.41, 5.74) is -0.770. The number of urea groups is 1. The molecule has 0 atom stereocenters. The molecule has 0 radical (unpaired) electrons. The van der Waals surface area contributed by atoms with Gasteiger partial charge in [-0.1, -0.05) is 6.42 Å². The van der Waals surface area contributed by atoms with E-state index < -0.39 is 11.4 Å². The molecule has 6 nitrogen and oxygen atoms in total. The van der Waals surface area contributed by atoms with Crippen molar-refractivity contribution in [1.29, 1.82) is 0 Å². The molecular weight excluding hydrogens is 258 g/mol. The van der Waals surface area contributed by atoms with Crippen LogP contribution in [0.5, 0.6) is 0 Å². The van der Waals surface area contributed by atoms with E-state index >= 15 is 0 Å². The lowest BCUT2D eigenvalue weighted by atomic mass is 9.69. The molecule has 0 aromatic carbocycles. The number of carbonyl (C=O) groups excluding carboxylic acids is 1. The number of nitrogens with zero attached hydrogens (tertiary/aromatic N) is 2. The molecule has 114 valence electrons. The molecule has 2 N–H and O–H groups in total. The molecule has 1 heterocycles. The molecule has 1 saturated heterocycles. The Labute approximate surface area is 120 Å². The first-order chi connectivity index (χ1) is 9.27. The highest BCUT2D eigenvalue weighted by molar-refractivity contribution is 5.79. The lowest BCUT2D eigenvalue weighted by Gasteiger charge is -2.45. The highest BCUT2D eigenvalue weighted by Crippen LogP contribution is 2.40. The summed E-state index contributed by atoms with van der Waals surface area (Å²) in [4.78, 5) is 27.5. The van der Waals surface area contributed by atoms with Gasteiger partial charge in [-0.3, -0.25) is 9.69 Å². The fourth-order valence-corrected chi connectivity index (χ4v) is 2.84. The molecule has 2 aliphatic rings. The molecule has 0 bridgehead atoms. The van der Waals surface area contributed by atoms with E-state index in [2.05, 4.69) is 31.1 Å². The molecule has 0 aromatic rings. The van der Waals surface area contributed by atoms with Crippen molar-refractivity contribution in [2.75, 3.05) is 33.2 Å². The number of aliphatic carboxylic acids is 1. The predicted molar refractivity (Wildman–Crippen MR) is 75.6 cm³/mol. The van der Waals surface area contributed by atoms with Crippen LogP contribution in [0.3, 0.4) is 0 Å². The topological polar surface area (TPSA) is 72.9 Å². The Morgan fingerprint density at radius 2 is 1.90 bits per heavy atom. The fraction of sp³-hybridized carbons (Fsp3) is 0.857. The summed E-state index contributed by atoms with van der Waals surface area (Å²) < 4.78 is 0. The van der Waals surface area contributed by atoms with Crippen LogP contribution in [0.1, 0.15) is 33.1 Å². The normalized spacial score (nSPS) is 24.9. The SMILES string of the molecule is CN1CCN(C(=O)NCC2(C(=O)O)CCC2)CC1(C)C. The first-order valence-corrected chi connectivity index (χ1v) is 7.24. The van der Waals surface area contributed by atoms with Crippen molar-refractivity contribution in [2.24, 2.45) is 5.41 Å². The molecule has 2 amide bonds. The second-order valence-electron chi connectivity index (χ2n) is 6.75. The summed E-state index contributed by atoms with van der Waals surface area (Å²) in [5.74, 6) is -0.789. The summed E-state index contributed by atoms with van der Waals surface area (Å²) in [6.45, 7) is 6.65. The number of carbonyl (C=O) groups is 2. The van der Waals surface area contributed by atoms with Crippen molar-refractivity contribution in [3.8, 4) is 0 Å². The third-order valence-corrected chi connectivity index (χ3v) is 4.95. The predicted octanol–water partition coefficient (Wildman–Crippen LogP) is 0.977. The van der Waals surface area contributed by atoms with E-state index in [0.29, 0.717) is 25.9 Å². The minimum absolute atomic E-state index is 0.0451. The molecule has 1 saturated carbocycles. The Hall–Kier alpha value is -1.30. The number of rotatable bonds is 3. The van der Waals surface area contributed by atoms with E-state index in [1.54, 1.807) is 4.90 Å². The van der Waals surface area contributed by atoms with Gasteiger partial charge in [-0.25, -0.2) is 4.79 Å². The quantitative estimate of drug-likeness (QED) is 0.810. The number of hydrogen-bond acceptors (Lipinski definition) is 3. The van der Waals surface area contributed by atoms with E-state index in [9.17, 15) is 14.7 Å². The first kappa shape index (κ1) is 15.1. The van der Waals surface area contributed by atoms with Crippen LogP contribution in [0.15, 0.2) is 0 Å². The van der Waals surface area contributed by atoms with Crippen LogP contribution in [-0.2, 0) is 4.79 Å². The second-order valence-corrected chi connectivity index (χ2v) is 6.75. The summed E-state index contributed by atoms with van der Waals surface area (Å²) in [6.07, 6.45) is 2.26. The van der Waals surface area contributed by atoms with E-state index in [4.69, 9.17) is 0 Å². The van der Waals surface area contributed by atoms with Crippen molar-refractivity contribution in [1.82, 2.24) is 15.1 Å². The fourth-order valence-electron chi connectivity index (χ4n) is 2.84. The van der Waals surface area contributed by atoms with Gasteiger partial charge in [-0.2, -0.15) is 0 Å². The third kappa shape index (κ3) is 2.75. The van der Waals surface area contributed by atoms with Crippen LogP contribution in [0, 0.1) is 5.41 Å². The zero-order chi connectivity index (χ0) is 15.0. The van der Waals surface area contributed by atoms with E-state index in [1.807, 2.05) is 0 Å². The number of piperazine rings is 1. The largest absolute Gasteiger partial charge is 0.481 e. The van der Waals surface area contributed by atoms with Gasteiger partial charge in [0.15, 0.2) is 0 Å². The number of carboxylic acid groups (broad SMARTS) is 1. The number of likely N-dealkylation sites (N-methyl/N-ethyl adjacent to an activating group) is 1. The van der Waals surface area contributed by atoms with Gasteiger partial charge in [-0.15, -0.1) is 0 Å². The molecule has 1 aliphatic heterocycles. The molecule has 2 rings (SSSR count). The van der Waals surface area contributed by atoms with Crippen LogP contribution < -0.4 is 5.32 Å². The van der Waals surface area contributed by atoms with Crippen molar-refractivity contribution >= 4 is 12.0 Å². The first-order valence-electron chi connectivity index (χ1n) is 7.24. The maximum atomic E-state index is 12.2. The molecule has 20 heavy (non-hydrogen) atoms. The average Bonchev–Trinajstić information content (AvgIpc) is 2.30. The minimum atomic E-state index is -0.789. The Bertz CT molecular complexity index is 404. The van der Waals surface area contributed by atoms with Crippen molar-refractivity contribution < 1.29 is 14.7 Å².